The molecule has 0 aromatic rings. The molecule has 0 bridgehead atoms. The fourth-order valence-corrected chi connectivity index (χ4v) is 8.57. The molecule has 5 nitrogen and oxygen atoms in total. The monoisotopic (exact) mass is 446 g/mol. The van der Waals surface area contributed by atoms with E-state index in [9.17, 15) is 14.0 Å². The summed E-state index contributed by atoms with van der Waals surface area (Å²) in [5.74, 6) is 0.584. The SMILES string of the molecule is CN1C(=O)C(F)=C[C@]2(C)C3CC[C@]4(C)[C@@H](C(=O)NC[C@H]5CCCCO5)CC[C@H]4C3CC[C@@H]12. The molecular weight excluding hydrogens is 407 g/mol. The van der Waals surface area contributed by atoms with Crippen LogP contribution in [0.4, 0.5) is 4.39 Å². The van der Waals surface area contributed by atoms with Gasteiger partial charge in [0.1, 0.15) is 0 Å². The van der Waals surface area contributed by atoms with Gasteiger partial charge in [0.15, 0.2) is 5.83 Å². The highest BCUT2D eigenvalue weighted by atomic mass is 19.1. The van der Waals surface area contributed by atoms with Crippen LogP contribution in [0.3, 0.4) is 0 Å². The van der Waals surface area contributed by atoms with Crippen molar-refractivity contribution in [2.45, 2.75) is 83.8 Å². The van der Waals surface area contributed by atoms with Crippen LogP contribution in [0, 0.1) is 34.5 Å². The van der Waals surface area contributed by atoms with Crippen molar-refractivity contribution in [2.75, 3.05) is 20.2 Å². The highest BCUT2D eigenvalue weighted by Crippen LogP contribution is 2.65. The Bertz CT molecular complexity index is 809. The summed E-state index contributed by atoms with van der Waals surface area (Å²) in [4.78, 5) is 27.1. The van der Waals surface area contributed by atoms with Gasteiger partial charge >= 0.3 is 0 Å². The molecule has 5 rings (SSSR count). The lowest BCUT2D eigenvalue weighted by molar-refractivity contribution is -0.145. The Morgan fingerprint density at radius 1 is 1.16 bits per heavy atom. The first-order valence-corrected chi connectivity index (χ1v) is 12.8. The molecule has 2 heterocycles. The number of hydrogen-bond donors (Lipinski definition) is 1. The van der Waals surface area contributed by atoms with Crippen LogP contribution in [0.25, 0.3) is 0 Å². The fraction of sp³-hybridized carbons (Fsp3) is 0.846. The second kappa shape index (κ2) is 8.11. The van der Waals surface area contributed by atoms with Gasteiger partial charge in [-0.1, -0.05) is 13.8 Å². The maximum absolute atomic E-state index is 14.6. The van der Waals surface area contributed by atoms with Gasteiger partial charge in [-0.15, -0.1) is 0 Å². The third kappa shape index (κ3) is 3.35. The van der Waals surface area contributed by atoms with Gasteiger partial charge in [-0.2, -0.15) is 0 Å². The first-order chi connectivity index (χ1) is 15.3. The molecule has 3 saturated carbocycles. The van der Waals surface area contributed by atoms with Gasteiger partial charge in [0.2, 0.25) is 5.91 Å². The number of amides is 2. The number of ether oxygens (including phenoxy) is 1. The number of carbonyl (C=O) groups is 2. The second-order valence-corrected chi connectivity index (χ2v) is 11.7. The van der Waals surface area contributed by atoms with E-state index < -0.39 is 11.7 Å². The van der Waals surface area contributed by atoms with Crippen molar-refractivity contribution in [3.05, 3.63) is 11.9 Å². The first-order valence-electron chi connectivity index (χ1n) is 12.8. The first kappa shape index (κ1) is 22.4. The normalized spacial score (nSPS) is 46.1. The van der Waals surface area contributed by atoms with E-state index in [0.29, 0.717) is 24.3 Å². The molecule has 3 aliphatic carbocycles. The van der Waals surface area contributed by atoms with E-state index in [1.807, 2.05) is 0 Å². The average Bonchev–Trinajstić information content (AvgIpc) is 3.14. The lowest BCUT2D eigenvalue weighted by atomic mass is 9.47. The van der Waals surface area contributed by atoms with Crippen molar-refractivity contribution in [3.63, 3.8) is 0 Å². The third-order valence-corrected chi connectivity index (χ3v) is 10.3. The molecule has 4 fully saturated rings. The van der Waals surface area contributed by atoms with Crippen LogP contribution in [-0.2, 0) is 14.3 Å². The van der Waals surface area contributed by atoms with Gasteiger partial charge < -0.3 is 15.0 Å². The molecule has 8 atom stereocenters. The van der Waals surface area contributed by atoms with E-state index in [1.165, 1.54) is 6.42 Å². The summed E-state index contributed by atoms with van der Waals surface area (Å²) >= 11 is 0. The zero-order chi connectivity index (χ0) is 22.7. The molecule has 1 N–H and O–H groups in total. The van der Waals surface area contributed by atoms with Crippen LogP contribution in [0.15, 0.2) is 11.9 Å². The molecule has 0 radical (unpaired) electrons. The summed E-state index contributed by atoms with van der Waals surface area (Å²) in [6.07, 6.45) is 11.2. The topological polar surface area (TPSA) is 58.6 Å². The molecular formula is C26H39FN2O3. The minimum absolute atomic E-state index is 0.0144. The van der Waals surface area contributed by atoms with Gasteiger partial charge in [0.25, 0.3) is 5.91 Å². The van der Waals surface area contributed by atoms with Gasteiger partial charge in [-0.05, 0) is 87.0 Å². The molecule has 5 aliphatic rings. The summed E-state index contributed by atoms with van der Waals surface area (Å²) in [5, 5.41) is 3.23. The van der Waals surface area contributed by atoms with Gasteiger partial charge in [-0.25, -0.2) is 4.39 Å². The Morgan fingerprint density at radius 2 is 1.97 bits per heavy atom. The van der Waals surface area contributed by atoms with Crippen LogP contribution in [-0.4, -0.2) is 49.1 Å². The van der Waals surface area contributed by atoms with E-state index >= 15 is 0 Å². The van der Waals surface area contributed by atoms with E-state index in [4.69, 9.17) is 4.74 Å². The predicted octanol–water partition coefficient (Wildman–Crippen LogP) is 4.22. The maximum atomic E-state index is 14.6. The minimum Gasteiger partial charge on any atom is -0.376 e. The Balaban J connectivity index is 1.31. The molecule has 2 amide bonds. The van der Waals surface area contributed by atoms with Crippen LogP contribution < -0.4 is 5.32 Å². The van der Waals surface area contributed by atoms with E-state index in [1.54, 1.807) is 18.0 Å². The lowest BCUT2D eigenvalue weighted by Gasteiger charge is -2.60. The zero-order valence-corrected chi connectivity index (χ0v) is 19.9. The van der Waals surface area contributed by atoms with Crippen molar-refractivity contribution in [2.24, 2.45) is 34.5 Å². The summed E-state index contributed by atoms with van der Waals surface area (Å²) in [6, 6.07) is 0.0797. The molecule has 6 heteroatoms. The van der Waals surface area contributed by atoms with Gasteiger partial charge in [0.05, 0.1) is 6.10 Å². The van der Waals surface area contributed by atoms with Crippen molar-refractivity contribution < 1.29 is 18.7 Å². The molecule has 2 unspecified atom stereocenters. The number of hydrogen-bond acceptors (Lipinski definition) is 3. The summed E-state index contributed by atoms with van der Waals surface area (Å²) in [7, 11) is 1.76. The number of rotatable bonds is 3. The molecule has 2 aliphatic heterocycles. The zero-order valence-electron chi connectivity index (χ0n) is 19.9. The second-order valence-electron chi connectivity index (χ2n) is 11.7. The smallest absolute Gasteiger partial charge is 0.282 e. The van der Waals surface area contributed by atoms with Crippen molar-refractivity contribution in [1.29, 1.82) is 0 Å². The Kier molecular flexibility index (Phi) is 5.67. The van der Waals surface area contributed by atoms with E-state index in [0.717, 1.165) is 58.0 Å². The molecule has 0 spiro atoms. The number of likely N-dealkylation sites (N-methyl/N-ethyl adjacent to an activating group) is 1. The van der Waals surface area contributed by atoms with E-state index in [-0.39, 0.29) is 34.8 Å². The summed E-state index contributed by atoms with van der Waals surface area (Å²) in [5.41, 5.74) is -0.295. The standard InChI is InChI=1S/C26H39FN2O3/c1-25-12-11-19-17(7-10-22-26(19,2)14-21(27)24(31)29(22)3)18(25)8-9-20(25)23(30)28-15-16-6-4-5-13-32-16/h14,16-20,22H,4-13,15H2,1-3H3,(H,28,30)/t16-,17?,18+,19?,20-,22-,25+,26-/m1/s1. The summed E-state index contributed by atoms with van der Waals surface area (Å²) < 4.78 is 20.4. The molecule has 178 valence electrons. The Labute approximate surface area is 191 Å². The summed E-state index contributed by atoms with van der Waals surface area (Å²) in [6.45, 7) is 5.95. The third-order valence-electron chi connectivity index (χ3n) is 10.3. The van der Waals surface area contributed by atoms with Crippen LogP contribution in [0.2, 0.25) is 0 Å². The lowest BCUT2D eigenvalue weighted by Crippen LogP contribution is -2.60. The fourth-order valence-electron chi connectivity index (χ4n) is 8.57. The number of nitrogens with zero attached hydrogens (tertiary/aromatic N) is 1. The molecule has 0 aromatic heterocycles. The van der Waals surface area contributed by atoms with Crippen molar-refractivity contribution in [3.8, 4) is 0 Å². The van der Waals surface area contributed by atoms with E-state index in [2.05, 4.69) is 19.2 Å². The number of halogens is 1. The van der Waals surface area contributed by atoms with Crippen LogP contribution in [0.5, 0.6) is 0 Å². The quantitative estimate of drug-likeness (QED) is 0.706. The minimum atomic E-state index is -0.589. The van der Waals surface area contributed by atoms with Crippen LogP contribution >= 0.6 is 0 Å². The van der Waals surface area contributed by atoms with Gasteiger partial charge in [-0.3, -0.25) is 9.59 Å². The van der Waals surface area contributed by atoms with Crippen molar-refractivity contribution >= 4 is 11.8 Å². The maximum Gasteiger partial charge on any atom is 0.282 e. The highest BCUT2D eigenvalue weighted by molar-refractivity contribution is 5.92. The largest absolute Gasteiger partial charge is 0.376 e. The average molecular weight is 447 g/mol. The predicted molar refractivity (Wildman–Crippen MR) is 120 cm³/mol. The number of carbonyl (C=O) groups excluding carboxylic acids is 2. The molecule has 0 aromatic carbocycles. The Hall–Kier alpha value is -1.43. The molecule has 1 saturated heterocycles. The molecule has 32 heavy (non-hydrogen) atoms. The Morgan fingerprint density at radius 3 is 2.72 bits per heavy atom. The van der Waals surface area contributed by atoms with Crippen LogP contribution in [0.1, 0.15) is 71.6 Å². The van der Waals surface area contributed by atoms with Crippen molar-refractivity contribution in [1.82, 2.24) is 10.2 Å². The number of fused-ring (bicyclic) bond motifs is 5. The number of nitrogens with one attached hydrogen (secondary N) is 1. The van der Waals surface area contributed by atoms with Gasteiger partial charge in [0, 0.05) is 37.6 Å². The highest BCUT2D eigenvalue weighted by Gasteiger charge is 2.62.